The number of hydrogen-bond acceptors (Lipinski definition) is 4. The summed E-state index contributed by atoms with van der Waals surface area (Å²) < 4.78 is 5.75. The van der Waals surface area contributed by atoms with Crippen LogP contribution in [0.5, 0.6) is 0 Å². The fraction of sp³-hybridized carbons (Fsp3) is 0.312. The van der Waals surface area contributed by atoms with Gasteiger partial charge in [-0.25, -0.2) is 0 Å². The molecule has 7 nitrogen and oxygen atoms in total. The average molecular weight is 393 g/mol. The van der Waals surface area contributed by atoms with Gasteiger partial charge in [-0.2, -0.15) is 5.10 Å². The van der Waals surface area contributed by atoms with Crippen LogP contribution in [-0.2, 0) is 9.53 Å². The molecule has 1 aromatic heterocycles. The molecule has 126 valence electrons. The molecule has 24 heavy (non-hydrogen) atoms. The highest BCUT2D eigenvalue weighted by Crippen LogP contribution is 2.21. The number of rotatable bonds is 5. The van der Waals surface area contributed by atoms with Crippen LogP contribution in [0.4, 0.5) is 0 Å². The number of carbonyl (C=O) groups excluding carboxylic acids is 2. The third kappa shape index (κ3) is 3.65. The summed E-state index contributed by atoms with van der Waals surface area (Å²) >= 11 is 3.39. The number of hydrogen-bond donors (Lipinski definition) is 2. The maximum absolute atomic E-state index is 12.4. The Balaban J connectivity index is 1.57. The molecular weight excluding hydrogens is 376 g/mol. The average Bonchev–Trinajstić information content (AvgIpc) is 3.01. The maximum Gasteiger partial charge on any atom is 0.272 e. The SMILES string of the molecule is COCC(=O)NC1CN(C(=O)c2cc(-c3ccc(Br)cc3)n[nH]2)C1. The van der Waals surface area contributed by atoms with E-state index in [1.807, 2.05) is 24.3 Å². The molecular formula is C16H17BrN4O3. The Morgan fingerprint density at radius 2 is 2.08 bits per heavy atom. The van der Waals surface area contributed by atoms with Gasteiger partial charge in [0.15, 0.2) is 0 Å². The van der Waals surface area contributed by atoms with E-state index in [1.165, 1.54) is 7.11 Å². The topological polar surface area (TPSA) is 87.3 Å². The van der Waals surface area contributed by atoms with Gasteiger partial charge in [0.05, 0.1) is 11.7 Å². The molecule has 2 heterocycles. The molecule has 0 unspecified atom stereocenters. The second-order valence-corrected chi connectivity index (χ2v) is 6.50. The van der Waals surface area contributed by atoms with Gasteiger partial charge in [0.2, 0.25) is 5.91 Å². The second-order valence-electron chi connectivity index (χ2n) is 5.58. The Morgan fingerprint density at radius 3 is 2.75 bits per heavy atom. The van der Waals surface area contributed by atoms with Gasteiger partial charge in [-0.05, 0) is 18.2 Å². The van der Waals surface area contributed by atoms with Gasteiger partial charge < -0.3 is 15.0 Å². The molecule has 0 bridgehead atoms. The molecule has 0 aliphatic carbocycles. The molecule has 1 saturated heterocycles. The molecule has 1 aromatic carbocycles. The number of benzene rings is 1. The minimum atomic E-state index is -0.173. The Kier molecular flexibility index (Phi) is 4.96. The smallest absolute Gasteiger partial charge is 0.272 e. The number of H-pyrrole nitrogens is 1. The molecule has 0 spiro atoms. The number of ether oxygens (including phenoxy) is 1. The number of carbonyl (C=O) groups is 2. The summed E-state index contributed by atoms with van der Waals surface area (Å²) in [5, 5.41) is 9.78. The van der Waals surface area contributed by atoms with Crippen LogP contribution in [0.1, 0.15) is 10.5 Å². The van der Waals surface area contributed by atoms with Gasteiger partial charge in [-0.1, -0.05) is 28.1 Å². The van der Waals surface area contributed by atoms with Crippen LogP contribution < -0.4 is 5.32 Å². The quantitative estimate of drug-likeness (QED) is 0.805. The molecule has 1 fully saturated rings. The van der Waals surface area contributed by atoms with Gasteiger partial charge in [0, 0.05) is 30.2 Å². The lowest BCUT2D eigenvalue weighted by atomic mass is 10.1. The molecule has 8 heteroatoms. The van der Waals surface area contributed by atoms with E-state index >= 15 is 0 Å². The van der Waals surface area contributed by atoms with Crippen LogP contribution in [0.25, 0.3) is 11.3 Å². The number of methoxy groups -OCH3 is 1. The zero-order valence-corrected chi connectivity index (χ0v) is 14.7. The van der Waals surface area contributed by atoms with E-state index in [1.54, 1.807) is 11.0 Å². The van der Waals surface area contributed by atoms with Gasteiger partial charge in [0.1, 0.15) is 12.3 Å². The maximum atomic E-state index is 12.4. The predicted molar refractivity (Wildman–Crippen MR) is 91.4 cm³/mol. The third-order valence-corrected chi connectivity index (χ3v) is 4.29. The zero-order valence-electron chi connectivity index (χ0n) is 13.1. The van der Waals surface area contributed by atoms with Crippen molar-refractivity contribution >= 4 is 27.7 Å². The van der Waals surface area contributed by atoms with E-state index in [0.29, 0.717) is 18.8 Å². The van der Waals surface area contributed by atoms with Crippen LogP contribution in [0, 0.1) is 0 Å². The van der Waals surface area contributed by atoms with Crippen molar-refractivity contribution in [3.8, 4) is 11.3 Å². The number of likely N-dealkylation sites (tertiary alicyclic amines) is 1. The number of halogens is 1. The molecule has 2 N–H and O–H groups in total. The first kappa shape index (κ1) is 16.7. The predicted octanol–water partition coefficient (Wildman–Crippen LogP) is 1.43. The number of aromatic nitrogens is 2. The lowest BCUT2D eigenvalue weighted by molar-refractivity contribution is -0.126. The van der Waals surface area contributed by atoms with E-state index in [9.17, 15) is 9.59 Å². The fourth-order valence-electron chi connectivity index (χ4n) is 2.51. The van der Waals surface area contributed by atoms with Crippen molar-refractivity contribution in [3.63, 3.8) is 0 Å². The summed E-state index contributed by atoms with van der Waals surface area (Å²) in [4.78, 5) is 25.5. The highest BCUT2D eigenvalue weighted by molar-refractivity contribution is 9.10. The zero-order chi connectivity index (χ0) is 17.1. The number of nitrogens with zero attached hydrogens (tertiary/aromatic N) is 2. The first-order chi connectivity index (χ1) is 11.6. The minimum absolute atomic E-state index is 0.0227. The summed E-state index contributed by atoms with van der Waals surface area (Å²) in [7, 11) is 1.47. The van der Waals surface area contributed by atoms with E-state index < -0.39 is 0 Å². The molecule has 2 aromatic rings. The van der Waals surface area contributed by atoms with Gasteiger partial charge >= 0.3 is 0 Å². The Labute approximate surface area is 147 Å². The van der Waals surface area contributed by atoms with Crippen molar-refractivity contribution in [3.05, 3.63) is 40.5 Å². The molecule has 0 radical (unpaired) electrons. The second kappa shape index (κ2) is 7.14. The number of nitrogens with one attached hydrogen (secondary N) is 2. The van der Waals surface area contributed by atoms with Gasteiger partial charge in [-0.15, -0.1) is 0 Å². The molecule has 2 amide bonds. The monoisotopic (exact) mass is 392 g/mol. The van der Waals surface area contributed by atoms with Crippen LogP contribution in [0.15, 0.2) is 34.8 Å². The summed E-state index contributed by atoms with van der Waals surface area (Å²) in [6.07, 6.45) is 0. The fourth-order valence-corrected chi connectivity index (χ4v) is 2.77. The van der Waals surface area contributed by atoms with E-state index in [-0.39, 0.29) is 24.5 Å². The van der Waals surface area contributed by atoms with Crippen LogP contribution >= 0.6 is 15.9 Å². The third-order valence-electron chi connectivity index (χ3n) is 3.76. The first-order valence-electron chi connectivity index (χ1n) is 7.45. The van der Waals surface area contributed by atoms with Crippen LogP contribution in [0.3, 0.4) is 0 Å². The number of amides is 2. The van der Waals surface area contributed by atoms with Gasteiger partial charge in [0.25, 0.3) is 5.91 Å². The first-order valence-corrected chi connectivity index (χ1v) is 8.25. The van der Waals surface area contributed by atoms with Gasteiger partial charge in [-0.3, -0.25) is 14.7 Å². The highest BCUT2D eigenvalue weighted by Gasteiger charge is 2.32. The van der Waals surface area contributed by atoms with Crippen molar-refractivity contribution in [1.82, 2.24) is 20.4 Å². The molecule has 3 rings (SSSR count). The molecule has 1 aliphatic heterocycles. The van der Waals surface area contributed by atoms with Crippen molar-refractivity contribution in [2.75, 3.05) is 26.8 Å². The van der Waals surface area contributed by atoms with Crippen molar-refractivity contribution in [2.45, 2.75) is 6.04 Å². The van der Waals surface area contributed by atoms with Crippen molar-refractivity contribution in [1.29, 1.82) is 0 Å². The largest absolute Gasteiger partial charge is 0.375 e. The normalized spacial score (nSPS) is 14.3. The van der Waals surface area contributed by atoms with Crippen molar-refractivity contribution < 1.29 is 14.3 Å². The van der Waals surface area contributed by atoms with Crippen LogP contribution in [-0.4, -0.2) is 59.8 Å². The summed E-state index contributed by atoms with van der Waals surface area (Å²) in [5.74, 6) is -0.295. The lowest BCUT2D eigenvalue weighted by Crippen LogP contribution is -2.61. The standard InChI is InChI=1S/C16H17BrN4O3/c1-24-9-15(22)18-12-7-21(8-12)16(23)14-6-13(19-20-14)10-2-4-11(17)5-3-10/h2-6,12H,7-9H2,1H3,(H,18,22)(H,19,20). The Bertz CT molecular complexity index is 738. The highest BCUT2D eigenvalue weighted by atomic mass is 79.9. The van der Waals surface area contributed by atoms with E-state index in [4.69, 9.17) is 4.74 Å². The number of aromatic amines is 1. The molecule has 0 atom stereocenters. The van der Waals surface area contributed by atoms with Crippen LogP contribution in [0.2, 0.25) is 0 Å². The minimum Gasteiger partial charge on any atom is -0.375 e. The van der Waals surface area contributed by atoms with E-state index in [0.717, 1.165) is 15.7 Å². The summed E-state index contributed by atoms with van der Waals surface area (Å²) in [6.45, 7) is 1.00. The lowest BCUT2D eigenvalue weighted by Gasteiger charge is -2.39. The van der Waals surface area contributed by atoms with Crippen molar-refractivity contribution in [2.24, 2.45) is 0 Å². The van der Waals surface area contributed by atoms with E-state index in [2.05, 4.69) is 31.4 Å². The molecule has 0 saturated carbocycles. The summed E-state index contributed by atoms with van der Waals surface area (Å²) in [5.41, 5.74) is 2.09. The Morgan fingerprint density at radius 1 is 1.38 bits per heavy atom. The summed E-state index contributed by atoms with van der Waals surface area (Å²) in [6, 6.07) is 9.43. The Hall–Kier alpha value is -2.19. The molecule has 1 aliphatic rings.